The lowest BCUT2D eigenvalue weighted by Gasteiger charge is -2.11. The maximum absolute atomic E-state index is 10.7. The molecule has 0 aliphatic carbocycles. The van der Waals surface area contributed by atoms with Gasteiger partial charge < -0.3 is 14.4 Å². The number of hydrogen-bond acceptors (Lipinski definition) is 3. The average Bonchev–Trinajstić information content (AvgIpc) is 2.92. The van der Waals surface area contributed by atoms with Gasteiger partial charge in [-0.2, -0.15) is 0 Å². The lowest BCUT2D eigenvalue weighted by molar-refractivity contribution is 0.0697. The molecule has 0 bridgehead atoms. The van der Waals surface area contributed by atoms with Crippen molar-refractivity contribution in [2.45, 2.75) is 32.7 Å². The van der Waals surface area contributed by atoms with Crippen molar-refractivity contribution in [2.75, 3.05) is 6.61 Å². The molecule has 0 amide bonds. The highest BCUT2D eigenvalue weighted by atomic mass is 16.5. The summed E-state index contributed by atoms with van der Waals surface area (Å²) in [6.45, 7) is 5.70. The number of aromatic carboxylic acids is 1. The molecular weight excluding hydrogens is 268 g/mol. The Labute approximate surface area is 124 Å². The molecule has 0 fully saturated rings. The van der Waals surface area contributed by atoms with Crippen LogP contribution in [0.15, 0.2) is 36.7 Å². The molecule has 1 aromatic carbocycles. The Morgan fingerprint density at radius 1 is 1.33 bits per heavy atom. The Hall–Kier alpha value is -2.30. The van der Waals surface area contributed by atoms with Crippen molar-refractivity contribution in [3.8, 4) is 5.75 Å². The summed E-state index contributed by atoms with van der Waals surface area (Å²) in [4.78, 5) is 15.1. The van der Waals surface area contributed by atoms with E-state index in [1.807, 2.05) is 12.4 Å². The molecule has 2 rings (SSSR count). The van der Waals surface area contributed by atoms with Gasteiger partial charge in [0.15, 0.2) is 0 Å². The summed E-state index contributed by atoms with van der Waals surface area (Å²) in [5, 5.41) is 8.82. The number of imidazole rings is 1. The van der Waals surface area contributed by atoms with Crippen LogP contribution in [-0.4, -0.2) is 27.2 Å². The van der Waals surface area contributed by atoms with E-state index in [9.17, 15) is 4.79 Å². The highest BCUT2D eigenvalue weighted by molar-refractivity contribution is 5.87. The van der Waals surface area contributed by atoms with Gasteiger partial charge in [-0.3, -0.25) is 0 Å². The molecule has 0 saturated heterocycles. The van der Waals surface area contributed by atoms with Crippen molar-refractivity contribution in [1.29, 1.82) is 0 Å². The predicted molar refractivity (Wildman–Crippen MR) is 79.8 cm³/mol. The number of ether oxygens (including phenoxy) is 1. The van der Waals surface area contributed by atoms with Gasteiger partial charge >= 0.3 is 5.97 Å². The van der Waals surface area contributed by atoms with Gasteiger partial charge in [0, 0.05) is 24.9 Å². The number of rotatable bonds is 7. The monoisotopic (exact) mass is 288 g/mol. The van der Waals surface area contributed by atoms with Gasteiger partial charge in [0.25, 0.3) is 0 Å². The third kappa shape index (κ3) is 4.08. The first-order valence-electron chi connectivity index (χ1n) is 7.05. The molecule has 0 spiro atoms. The van der Waals surface area contributed by atoms with Gasteiger partial charge in [-0.05, 0) is 30.7 Å². The van der Waals surface area contributed by atoms with E-state index in [1.165, 1.54) is 0 Å². The fraction of sp³-hybridized carbons (Fsp3) is 0.375. The molecule has 0 aliphatic heterocycles. The topological polar surface area (TPSA) is 64.4 Å². The van der Waals surface area contributed by atoms with Gasteiger partial charge in [-0.1, -0.05) is 13.8 Å². The third-order valence-electron chi connectivity index (χ3n) is 3.18. The first kappa shape index (κ1) is 15.1. The molecule has 21 heavy (non-hydrogen) atoms. The second-order valence-electron chi connectivity index (χ2n) is 5.17. The van der Waals surface area contributed by atoms with E-state index in [1.54, 1.807) is 24.3 Å². The molecule has 112 valence electrons. The molecule has 0 atom stereocenters. The highest BCUT2D eigenvalue weighted by Crippen LogP contribution is 2.14. The second-order valence-corrected chi connectivity index (χ2v) is 5.17. The van der Waals surface area contributed by atoms with Crippen LogP contribution in [0.25, 0.3) is 0 Å². The van der Waals surface area contributed by atoms with Crippen molar-refractivity contribution < 1.29 is 14.6 Å². The number of aryl methyl sites for hydroxylation is 1. The zero-order valence-electron chi connectivity index (χ0n) is 12.3. The second kappa shape index (κ2) is 6.92. The van der Waals surface area contributed by atoms with Crippen molar-refractivity contribution in [1.82, 2.24) is 9.55 Å². The van der Waals surface area contributed by atoms with Crippen molar-refractivity contribution in [2.24, 2.45) is 0 Å². The maximum atomic E-state index is 10.7. The zero-order valence-corrected chi connectivity index (χ0v) is 12.3. The number of carboxylic acids is 1. The number of aromatic nitrogens is 2. The molecule has 1 heterocycles. The summed E-state index contributed by atoms with van der Waals surface area (Å²) in [6.07, 6.45) is 4.68. The van der Waals surface area contributed by atoms with E-state index in [0.29, 0.717) is 18.3 Å². The van der Waals surface area contributed by atoms with Crippen LogP contribution in [0.4, 0.5) is 0 Å². The standard InChI is InChI=1S/C16H20N2O3/c1-12(2)15-17-8-10-18(15)9-3-11-21-14-6-4-13(5-7-14)16(19)20/h4-8,10,12H,3,9,11H2,1-2H3,(H,19,20). The molecule has 0 aliphatic rings. The molecule has 5 nitrogen and oxygen atoms in total. The number of benzene rings is 1. The quantitative estimate of drug-likeness (QED) is 0.795. The van der Waals surface area contributed by atoms with Gasteiger partial charge in [0.05, 0.1) is 12.2 Å². The van der Waals surface area contributed by atoms with E-state index < -0.39 is 5.97 Å². The minimum absolute atomic E-state index is 0.266. The van der Waals surface area contributed by atoms with Gasteiger partial charge in [0.2, 0.25) is 0 Å². The first-order valence-corrected chi connectivity index (χ1v) is 7.05. The maximum Gasteiger partial charge on any atom is 0.335 e. The SMILES string of the molecule is CC(C)c1nccn1CCCOc1ccc(C(=O)O)cc1. The number of nitrogens with zero attached hydrogens (tertiary/aromatic N) is 2. The average molecular weight is 288 g/mol. The number of carboxylic acid groups (broad SMARTS) is 1. The minimum atomic E-state index is -0.928. The molecular formula is C16H20N2O3. The first-order chi connectivity index (χ1) is 10.1. The molecule has 5 heteroatoms. The minimum Gasteiger partial charge on any atom is -0.494 e. The summed E-state index contributed by atoms with van der Waals surface area (Å²) in [5.41, 5.74) is 0.266. The van der Waals surface area contributed by atoms with Crippen LogP contribution < -0.4 is 4.74 Å². The van der Waals surface area contributed by atoms with Crippen LogP contribution in [0.5, 0.6) is 5.75 Å². The zero-order chi connectivity index (χ0) is 15.2. The smallest absolute Gasteiger partial charge is 0.335 e. The Kier molecular flexibility index (Phi) is 4.98. The lowest BCUT2D eigenvalue weighted by atomic mass is 10.2. The summed E-state index contributed by atoms with van der Waals surface area (Å²) >= 11 is 0. The Bertz CT molecular complexity index is 588. The molecule has 1 aromatic heterocycles. The van der Waals surface area contributed by atoms with Crippen LogP contribution in [0.2, 0.25) is 0 Å². The third-order valence-corrected chi connectivity index (χ3v) is 3.18. The summed E-state index contributed by atoms with van der Waals surface area (Å²) in [7, 11) is 0. The Morgan fingerprint density at radius 3 is 2.67 bits per heavy atom. The van der Waals surface area contributed by atoms with Crippen molar-refractivity contribution in [3.63, 3.8) is 0 Å². The van der Waals surface area contributed by atoms with Crippen LogP contribution in [0.1, 0.15) is 42.4 Å². The largest absolute Gasteiger partial charge is 0.494 e. The molecule has 1 N–H and O–H groups in total. The van der Waals surface area contributed by atoms with E-state index in [2.05, 4.69) is 23.4 Å². The number of hydrogen-bond donors (Lipinski definition) is 1. The van der Waals surface area contributed by atoms with E-state index in [4.69, 9.17) is 9.84 Å². The number of carbonyl (C=O) groups is 1. The molecule has 0 saturated carbocycles. The van der Waals surface area contributed by atoms with Crippen LogP contribution in [0, 0.1) is 0 Å². The van der Waals surface area contributed by atoms with Gasteiger partial charge in [-0.25, -0.2) is 9.78 Å². The summed E-state index contributed by atoms with van der Waals surface area (Å²) in [5.74, 6) is 1.25. The van der Waals surface area contributed by atoms with E-state index >= 15 is 0 Å². The van der Waals surface area contributed by atoms with Crippen molar-refractivity contribution >= 4 is 5.97 Å². The van der Waals surface area contributed by atoms with E-state index in [-0.39, 0.29) is 5.56 Å². The van der Waals surface area contributed by atoms with Crippen molar-refractivity contribution in [3.05, 3.63) is 48.0 Å². The Morgan fingerprint density at radius 2 is 2.05 bits per heavy atom. The van der Waals surface area contributed by atoms with Gasteiger partial charge in [0.1, 0.15) is 11.6 Å². The van der Waals surface area contributed by atoms with Crippen LogP contribution >= 0.6 is 0 Å². The fourth-order valence-corrected chi connectivity index (χ4v) is 2.13. The lowest BCUT2D eigenvalue weighted by Crippen LogP contribution is -2.08. The Balaban J connectivity index is 1.79. The molecule has 0 radical (unpaired) electrons. The predicted octanol–water partition coefficient (Wildman–Crippen LogP) is 3.17. The fourth-order valence-electron chi connectivity index (χ4n) is 2.13. The van der Waals surface area contributed by atoms with Crippen LogP contribution in [0.3, 0.4) is 0 Å². The summed E-state index contributed by atoms with van der Waals surface area (Å²) in [6, 6.07) is 6.45. The van der Waals surface area contributed by atoms with Crippen LogP contribution in [-0.2, 0) is 6.54 Å². The molecule has 2 aromatic rings. The normalized spacial score (nSPS) is 10.8. The molecule has 0 unspecified atom stereocenters. The highest BCUT2D eigenvalue weighted by Gasteiger charge is 2.06. The van der Waals surface area contributed by atoms with E-state index in [0.717, 1.165) is 18.8 Å². The van der Waals surface area contributed by atoms with Gasteiger partial charge in [-0.15, -0.1) is 0 Å². The summed E-state index contributed by atoms with van der Waals surface area (Å²) < 4.78 is 7.75.